The summed E-state index contributed by atoms with van der Waals surface area (Å²) in [5.74, 6) is 0.517. The predicted octanol–water partition coefficient (Wildman–Crippen LogP) is 5.54. The van der Waals surface area contributed by atoms with E-state index in [-0.39, 0.29) is 0 Å². The van der Waals surface area contributed by atoms with Crippen molar-refractivity contribution in [3.8, 4) is 5.75 Å². The van der Waals surface area contributed by atoms with E-state index in [1.165, 1.54) is 0 Å². The molecule has 112 valence electrons. The molecule has 1 atom stereocenters. The van der Waals surface area contributed by atoms with E-state index in [1.54, 1.807) is 12.1 Å². The molecule has 21 heavy (non-hydrogen) atoms. The molecular formula is C16H15BrCl2O2. The predicted molar refractivity (Wildman–Crippen MR) is 90.6 cm³/mol. The Morgan fingerprint density at radius 3 is 2.57 bits per heavy atom. The molecule has 0 heterocycles. The molecule has 0 spiro atoms. The second-order valence-corrected chi connectivity index (χ2v) is 6.23. The number of ether oxygens (including phenoxy) is 1. The average molecular weight is 390 g/mol. The summed E-state index contributed by atoms with van der Waals surface area (Å²) in [6.45, 7) is 4.34. The van der Waals surface area contributed by atoms with Crippen molar-refractivity contribution in [1.29, 1.82) is 0 Å². The maximum Gasteiger partial charge on any atom is 0.139 e. The number of hydrogen-bond donors (Lipinski definition) is 1. The van der Waals surface area contributed by atoms with Gasteiger partial charge in [0, 0.05) is 16.1 Å². The van der Waals surface area contributed by atoms with Crippen LogP contribution in [-0.4, -0.2) is 11.7 Å². The molecule has 0 saturated heterocycles. The largest absolute Gasteiger partial charge is 0.492 e. The minimum absolute atomic E-state index is 0.420. The maximum atomic E-state index is 10.6. The molecule has 0 aromatic heterocycles. The second-order valence-electron chi connectivity index (χ2n) is 4.62. The number of hydrogen-bond acceptors (Lipinski definition) is 2. The molecular weight excluding hydrogens is 375 g/mol. The fourth-order valence-electron chi connectivity index (χ4n) is 2.07. The molecule has 0 radical (unpaired) electrons. The van der Waals surface area contributed by atoms with Gasteiger partial charge < -0.3 is 9.84 Å². The van der Waals surface area contributed by atoms with Crippen LogP contribution in [0, 0.1) is 6.92 Å². The highest BCUT2D eigenvalue weighted by atomic mass is 79.9. The van der Waals surface area contributed by atoms with Gasteiger partial charge in [0.25, 0.3) is 0 Å². The minimum atomic E-state index is -0.861. The minimum Gasteiger partial charge on any atom is -0.492 e. The third-order valence-corrected chi connectivity index (χ3v) is 4.87. The van der Waals surface area contributed by atoms with Gasteiger partial charge in [0.1, 0.15) is 11.9 Å². The maximum absolute atomic E-state index is 10.6. The van der Waals surface area contributed by atoms with Gasteiger partial charge in [-0.05, 0) is 31.0 Å². The summed E-state index contributed by atoms with van der Waals surface area (Å²) in [6.07, 6.45) is -0.861. The van der Waals surface area contributed by atoms with Crippen LogP contribution in [0.15, 0.2) is 34.8 Å². The number of aryl methyl sites for hydroxylation is 1. The Bertz CT molecular complexity index is 659. The first-order valence-electron chi connectivity index (χ1n) is 6.50. The summed E-state index contributed by atoms with van der Waals surface area (Å²) >= 11 is 15.9. The van der Waals surface area contributed by atoms with Crippen molar-refractivity contribution in [3.05, 3.63) is 61.5 Å². The molecule has 0 aliphatic heterocycles. The van der Waals surface area contributed by atoms with Crippen molar-refractivity contribution in [2.24, 2.45) is 0 Å². The van der Waals surface area contributed by atoms with Crippen LogP contribution in [0.5, 0.6) is 5.75 Å². The standard InChI is InChI=1S/C16H15BrCl2O2/c1-3-21-14-8-12(18)11(7-13(14)19)16(20)10-6-4-5-9(2)15(10)17/h4-8,16,20H,3H2,1-2H3. The van der Waals surface area contributed by atoms with Crippen molar-refractivity contribution in [2.75, 3.05) is 6.61 Å². The molecule has 2 aromatic carbocycles. The lowest BCUT2D eigenvalue weighted by Gasteiger charge is -2.17. The number of rotatable bonds is 4. The first-order chi connectivity index (χ1) is 9.95. The summed E-state index contributed by atoms with van der Waals surface area (Å²) in [4.78, 5) is 0. The van der Waals surface area contributed by atoms with Crippen molar-refractivity contribution in [2.45, 2.75) is 20.0 Å². The van der Waals surface area contributed by atoms with Crippen molar-refractivity contribution in [1.82, 2.24) is 0 Å². The molecule has 0 saturated carbocycles. The molecule has 0 aliphatic carbocycles. The highest BCUT2D eigenvalue weighted by molar-refractivity contribution is 9.10. The number of benzene rings is 2. The molecule has 0 bridgehead atoms. The smallest absolute Gasteiger partial charge is 0.139 e. The van der Waals surface area contributed by atoms with Crippen LogP contribution in [0.25, 0.3) is 0 Å². The van der Waals surface area contributed by atoms with Gasteiger partial charge in [-0.3, -0.25) is 0 Å². The highest BCUT2D eigenvalue weighted by Crippen LogP contribution is 2.38. The van der Waals surface area contributed by atoms with Gasteiger partial charge in [0.2, 0.25) is 0 Å². The average Bonchev–Trinajstić information content (AvgIpc) is 2.45. The third kappa shape index (κ3) is 3.54. The Kier molecular flexibility index (Phi) is 5.55. The van der Waals surface area contributed by atoms with E-state index in [1.807, 2.05) is 32.0 Å². The third-order valence-electron chi connectivity index (χ3n) is 3.16. The zero-order valence-corrected chi connectivity index (χ0v) is 14.8. The fraction of sp³-hybridized carbons (Fsp3) is 0.250. The van der Waals surface area contributed by atoms with Crippen LogP contribution in [0.1, 0.15) is 29.7 Å². The second kappa shape index (κ2) is 7.01. The molecule has 1 N–H and O–H groups in total. The Morgan fingerprint density at radius 1 is 1.19 bits per heavy atom. The van der Waals surface area contributed by atoms with Crippen LogP contribution in [0.3, 0.4) is 0 Å². The zero-order chi connectivity index (χ0) is 15.6. The van der Waals surface area contributed by atoms with Crippen LogP contribution >= 0.6 is 39.1 Å². The van der Waals surface area contributed by atoms with E-state index >= 15 is 0 Å². The number of halogens is 3. The van der Waals surface area contributed by atoms with E-state index in [2.05, 4.69) is 15.9 Å². The first kappa shape index (κ1) is 16.6. The van der Waals surface area contributed by atoms with Crippen molar-refractivity contribution in [3.63, 3.8) is 0 Å². The van der Waals surface area contributed by atoms with Gasteiger partial charge in [-0.15, -0.1) is 0 Å². The number of aliphatic hydroxyl groups is 1. The van der Waals surface area contributed by atoms with Gasteiger partial charge >= 0.3 is 0 Å². The summed E-state index contributed by atoms with van der Waals surface area (Å²) in [5.41, 5.74) is 2.34. The van der Waals surface area contributed by atoms with Gasteiger partial charge in [-0.2, -0.15) is 0 Å². The van der Waals surface area contributed by atoms with Gasteiger partial charge in [-0.25, -0.2) is 0 Å². The normalized spacial score (nSPS) is 12.3. The van der Waals surface area contributed by atoms with Crippen molar-refractivity contribution < 1.29 is 9.84 Å². The van der Waals surface area contributed by atoms with Crippen LogP contribution in [0.4, 0.5) is 0 Å². The Hall–Kier alpha value is -0.740. The number of aliphatic hydroxyl groups excluding tert-OH is 1. The van der Waals surface area contributed by atoms with Crippen LogP contribution in [-0.2, 0) is 0 Å². The van der Waals surface area contributed by atoms with E-state index < -0.39 is 6.10 Å². The molecule has 1 unspecified atom stereocenters. The quantitative estimate of drug-likeness (QED) is 0.743. The molecule has 5 heteroatoms. The van der Waals surface area contributed by atoms with Crippen LogP contribution in [0.2, 0.25) is 10.0 Å². The Labute approximate surface area is 142 Å². The first-order valence-corrected chi connectivity index (χ1v) is 8.05. The summed E-state index contributed by atoms with van der Waals surface area (Å²) in [5, 5.41) is 11.5. The molecule has 2 nitrogen and oxygen atoms in total. The molecule has 2 aromatic rings. The molecule has 2 rings (SSSR count). The van der Waals surface area contributed by atoms with E-state index in [4.69, 9.17) is 27.9 Å². The van der Waals surface area contributed by atoms with Gasteiger partial charge in [0.05, 0.1) is 16.7 Å². The highest BCUT2D eigenvalue weighted by Gasteiger charge is 2.19. The van der Waals surface area contributed by atoms with E-state index in [0.29, 0.717) is 28.0 Å². The summed E-state index contributed by atoms with van der Waals surface area (Å²) < 4.78 is 6.25. The molecule has 0 aliphatic rings. The van der Waals surface area contributed by atoms with Gasteiger partial charge in [-0.1, -0.05) is 57.3 Å². The van der Waals surface area contributed by atoms with Crippen LogP contribution < -0.4 is 4.74 Å². The van der Waals surface area contributed by atoms with Gasteiger partial charge in [0.15, 0.2) is 0 Å². The molecule has 0 fully saturated rings. The summed E-state index contributed by atoms with van der Waals surface area (Å²) in [7, 11) is 0. The zero-order valence-electron chi connectivity index (χ0n) is 11.7. The lowest BCUT2D eigenvalue weighted by atomic mass is 10.00. The molecule has 0 amide bonds. The van der Waals surface area contributed by atoms with Crippen molar-refractivity contribution >= 4 is 39.1 Å². The fourth-order valence-corrected chi connectivity index (χ4v) is 3.03. The van der Waals surface area contributed by atoms with E-state index in [9.17, 15) is 5.11 Å². The monoisotopic (exact) mass is 388 g/mol. The Balaban J connectivity index is 2.46. The lowest BCUT2D eigenvalue weighted by molar-refractivity contribution is 0.219. The lowest BCUT2D eigenvalue weighted by Crippen LogP contribution is -2.03. The Morgan fingerprint density at radius 2 is 1.90 bits per heavy atom. The SMILES string of the molecule is CCOc1cc(Cl)c(C(O)c2cccc(C)c2Br)cc1Cl. The summed E-state index contributed by atoms with van der Waals surface area (Å²) in [6, 6.07) is 8.99. The topological polar surface area (TPSA) is 29.5 Å². The van der Waals surface area contributed by atoms with E-state index in [0.717, 1.165) is 15.6 Å².